The molecule has 1 aromatic heterocycles. The number of allylic oxidation sites excluding steroid dienone is 5. The second kappa shape index (κ2) is 10.5. The molecule has 1 saturated heterocycles. The monoisotopic (exact) mass is 472 g/mol. The molecular formula is C29H29ClN2O2. The average molecular weight is 473 g/mol. The highest BCUT2D eigenvalue weighted by Crippen LogP contribution is 2.30. The largest absolute Gasteiger partial charge is 0.423 e. The lowest BCUT2D eigenvalue weighted by Gasteiger charge is -2.32. The van der Waals surface area contributed by atoms with Crippen LogP contribution in [-0.2, 0) is 0 Å². The van der Waals surface area contributed by atoms with Gasteiger partial charge in [-0.3, -0.25) is 4.90 Å². The van der Waals surface area contributed by atoms with Crippen molar-refractivity contribution in [1.82, 2.24) is 4.90 Å². The Morgan fingerprint density at radius 2 is 1.91 bits per heavy atom. The van der Waals surface area contributed by atoms with E-state index in [1.807, 2.05) is 36.4 Å². The quantitative estimate of drug-likeness (QED) is 0.400. The zero-order chi connectivity index (χ0) is 23.3. The first-order valence-corrected chi connectivity index (χ1v) is 12.4. The highest BCUT2D eigenvalue weighted by atomic mass is 35.5. The number of nitrogens with one attached hydrogen (secondary N) is 1. The summed E-state index contributed by atoms with van der Waals surface area (Å²) in [7, 11) is 0. The van der Waals surface area contributed by atoms with E-state index >= 15 is 0 Å². The van der Waals surface area contributed by atoms with E-state index in [-0.39, 0.29) is 5.63 Å². The van der Waals surface area contributed by atoms with Crippen molar-refractivity contribution in [2.75, 3.05) is 25.0 Å². The first-order chi connectivity index (χ1) is 16.6. The molecule has 174 valence electrons. The Bertz CT molecular complexity index is 1310. The third-order valence-corrected chi connectivity index (χ3v) is 6.78. The molecule has 2 heterocycles. The molecule has 1 fully saturated rings. The number of benzene rings is 2. The summed E-state index contributed by atoms with van der Waals surface area (Å²) < 4.78 is 5.47. The number of anilines is 1. The molecule has 0 radical (unpaired) electrons. The summed E-state index contributed by atoms with van der Waals surface area (Å²) in [5.41, 5.74) is 4.48. The molecule has 2 aromatic carbocycles. The summed E-state index contributed by atoms with van der Waals surface area (Å²) in [6.07, 6.45) is 15.6. The standard InChI is InChI=1S/C29H29ClN2O2/c30-24-10-4-9-22(18-24)23-11-12-28-26(19-23)27(20-29(33)34-28)31-25-13-16-32(17-14-25)15-5-8-21-6-2-1-3-7-21/h2,4-12,18-20,25,31H,1,3,13-17H2/b8-5+. The van der Waals surface area contributed by atoms with Gasteiger partial charge in [0.15, 0.2) is 0 Å². The molecule has 1 N–H and O–H groups in total. The Morgan fingerprint density at radius 1 is 1.06 bits per heavy atom. The summed E-state index contributed by atoms with van der Waals surface area (Å²) in [5.74, 6) is 0. The SMILES string of the molecule is O=c1cc(NC2CCN(C/C=C/C3=CCCC=C3)CC2)c2cc(-c3cccc(Cl)c3)ccc2o1. The van der Waals surface area contributed by atoms with Gasteiger partial charge in [-0.2, -0.15) is 0 Å². The lowest BCUT2D eigenvalue weighted by Crippen LogP contribution is -2.39. The average Bonchev–Trinajstić information content (AvgIpc) is 2.85. The predicted molar refractivity (Wildman–Crippen MR) is 142 cm³/mol. The predicted octanol–water partition coefficient (Wildman–Crippen LogP) is 6.82. The Hall–Kier alpha value is -3.08. The molecule has 5 heteroatoms. The van der Waals surface area contributed by atoms with Gasteiger partial charge in [-0.05, 0) is 66.6 Å². The van der Waals surface area contributed by atoms with E-state index in [0.717, 1.165) is 67.5 Å². The van der Waals surface area contributed by atoms with Crippen molar-refractivity contribution in [2.45, 2.75) is 31.7 Å². The highest BCUT2D eigenvalue weighted by molar-refractivity contribution is 6.30. The molecule has 0 spiro atoms. The van der Waals surface area contributed by atoms with Crippen LogP contribution in [0.1, 0.15) is 25.7 Å². The van der Waals surface area contributed by atoms with Gasteiger partial charge in [0.2, 0.25) is 0 Å². The molecule has 5 rings (SSSR count). The van der Waals surface area contributed by atoms with Crippen LogP contribution < -0.4 is 10.9 Å². The van der Waals surface area contributed by atoms with Gasteiger partial charge in [0.05, 0.1) is 5.69 Å². The van der Waals surface area contributed by atoms with Gasteiger partial charge in [-0.15, -0.1) is 0 Å². The van der Waals surface area contributed by atoms with Crippen LogP contribution in [0.4, 0.5) is 5.69 Å². The van der Waals surface area contributed by atoms with Crippen LogP contribution >= 0.6 is 11.6 Å². The van der Waals surface area contributed by atoms with Gasteiger partial charge >= 0.3 is 5.63 Å². The molecule has 4 nitrogen and oxygen atoms in total. The highest BCUT2D eigenvalue weighted by Gasteiger charge is 2.19. The first-order valence-electron chi connectivity index (χ1n) is 12.0. The Kier molecular flexibility index (Phi) is 6.98. The summed E-state index contributed by atoms with van der Waals surface area (Å²) in [5, 5.41) is 5.25. The van der Waals surface area contributed by atoms with Gasteiger partial charge in [-0.1, -0.05) is 60.2 Å². The first kappa shape index (κ1) is 22.7. The van der Waals surface area contributed by atoms with Crippen molar-refractivity contribution in [2.24, 2.45) is 0 Å². The molecule has 34 heavy (non-hydrogen) atoms. The maximum absolute atomic E-state index is 12.2. The van der Waals surface area contributed by atoms with E-state index in [2.05, 4.69) is 46.7 Å². The fourth-order valence-electron chi connectivity index (χ4n) is 4.70. The molecule has 0 atom stereocenters. The minimum Gasteiger partial charge on any atom is -0.423 e. The van der Waals surface area contributed by atoms with Crippen molar-refractivity contribution in [3.8, 4) is 11.1 Å². The van der Waals surface area contributed by atoms with Crippen LogP contribution in [0.5, 0.6) is 0 Å². The molecule has 0 amide bonds. The van der Waals surface area contributed by atoms with Crippen molar-refractivity contribution >= 4 is 28.3 Å². The fraction of sp³-hybridized carbons (Fsp3) is 0.276. The van der Waals surface area contributed by atoms with Crippen molar-refractivity contribution in [3.63, 3.8) is 0 Å². The zero-order valence-electron chi connectivity index (χ0n) is 19.2. The minimum atomic E-state index is -0.334. The third kappa shape index (κ3) is 5.52. The second-order valence-corrected chi connectivity index (χ2v) is 9.44. The zero-order valence-corrected chi connectivity index (χ0v) is 19.9. The molecule has 1 aliphatic heterocycles. The van der Waals surface area contributed by atoms with E-state index in [9.17, 15) is 4.79 Å². The number of fused-ring (bicyclic) bond motifs is 1. The summed E-state index contributed by atoms with van der Waals surface area (Å²) in [6, 6.07) is 15.6. The maximum atomic E-state index is 12.2. The van der Waals surface area contributed by atoms with Crippen molar-refractivity contribution in [1.29, 1.82) is 0 Å². The summed E-state index contributed by atoms with van der Waals surface area (Å²) in [4.78, 5) is 14.7. The van der Waals surface area contributed by atoms with Gasteiger partial charge in [0.25, 0.3) is 0 Å². The van der Waals surface area contributed by atoms with Gasteiger partial charge < -0.3 is 9.73 Å². The van der Waals surface area contributed by atoms with E-state index in [1.54, 1.807) is 6.07 Å². The molecule has 0 bridgehead atoms. The molecule has 1 aliphatic carbocycles. The molecule has 2 aliphatic rings. The summed E-state index contributed by atoms with van der Waals surface area (Å²) in [6.45, 7) is 3.03. The maximum Gasteiger partial charge on any atom is 0.338 e. The lowest BCUT2D eigenvalue weighted by atomic mass is 10.0. The number of nitrogens with zero attached hydrogens (tertiary/aromatic N) is 1. The molecule has 3 aromatic rings. The number of rotatable bonds is 6. The van der Waals surface area contributed by atoms with E-state index in [1.165, 1.54) is 5.57 Å². The van der Waals surface area contributed by atoms with Crippen LogP contribution in [0.25, 0.3) is 22.1 Å². The number of hydrogen-bond acceptors (Lipinski definition) is 4. The van der Waals surface area contributed by atoms with Crippen molar-refractivity contribution in [3.05, 3.63) is 99.9 Å². The molecule has 0 saturated carbocycles. The third-order valence-electron chi connectivity index (χ3n) is 6.55. The fourth-order valence-corrected chi connectivity index (χ4v) is 4.90. The van der Waals surface area contributed by atoms with Gasteiger partial charge in [0.1, 0.15) is 5.58 Å². The number of piperidine rings is 1. The van der Waals surface area contributed by atoms with E-state index in [4.69, 9.17) is 16.0 Å². The van der Waals surface area contributed by atoms with Crippen molar-refractivity contribution < 1.29 is 4.42 Å². The van der Waals surface area contributed by atoms with E-state index in [0.29, 0.717) is 16.6 Å². The van der Waals surface area contributed by atoms with Crippen LogP contribution in [0, 0.1) is 0 Å². The number of likely N-dealkylation sites (tertiary alicyclic amines) is 1. The Balaban J connectivity index is 1.27. The number of hydrogen-bond donors (Lipinski definition) is 1. The minimum absolute atomic E-state index is 0.323. The Labute approximate surface area is 205 Å². The van der Waals surface area contributed by atoms with Gasteiger partial charge in [-0.25, -0.2) is 4.79 Å². The van der Waals surface area contributed by atoms with Crippen LogP contribution in [0.2, 0.25) is 5.02 Å². The molecule has 0 unspecified atom stereocenters. The second-order valence-electron chi connectivity index (χ2n) is 9.01. The summed E-state index contributed by atoms with van der Waals surface area (Å²) >= 11 is 6.19. The van der Waals surface area contributed by atoms with Crippen LogP contribution in [0.3, 0.4) is 0 Å². The number of halogens is 1. The normalized spacial score (nSPS) is 17.4. The smallest absolute Gasteiger partial charge is 0.338 e. The topological polar surface area (TPSA) is 45.5 Å². The van der Waals surface area contributed by atoms with Crippen LogP contribution in [0.15, 0.2) is 93.7 Å². The van der Waals surface area contributed by atoms with Crippen LogP contribution in [-0.4, -0.2) is 30.6 Å². The van der Waals surface area contributed by atoms with E-state index < -0.39 is 0 Å². The molecular weight excluding hydrogens is 444 g/mol. The van der Waals surface area contributed by atoms with Gasteiger partial charge in [0, 0.05) is 42.2 Å². The lowest BCUT2D eigenvalue weighted by molar-refractivity contribution is 0.240. The Morgan fingerprint density at radius 3 is 2.71 bits per heavy atom.